The van der Waals surface area contributed by atoms with Gasteiger partial charge in [0.15, 0.2) is 6.29 Å². The summed E-state index contributed by atoms with van der Waals surface area (Å²) in [7, 11) is 0. The minimum atomic E-state index is -0.00435. The molecule has 1 fully saturated rings. The molecule has 1 aliphatic rings. The van der Waals surface area contributed by atoms with Gasteiger partial charge >= 0.3 is 0 Å². The van der Waals surface area contributed by atoms with E-state index in [0.29, 0.717) is 13.0 Å². The van der Waals surface area contributed by atoms with Crippen molar-refractivity contribution in [2.24, 2.45) is 0 Å². The minimum Gasteiger partial charge on any atom is -0.396 e. The Morgan fingerprint density at radius 2 is 2.36 bits per heavy atom. The fourth-order valence-corrected chi connectivity index (χ4v) is 1.12. The largest absolute Gasteiger partial charge is 0.396 e. The van der Waals surface area contributed by atoms with E-state index in [9.17, 15) is 0 Å². The minimum absolute atomic E-state index is 0.00435. The summed E-state index contributed by atoms with van der Waals surface area (Å²) in [5.74, 6) is 0. The second-order valence-electron chi connectivity index (χ2n) is 2.74. The fraction of sp³-hybridized carbons (Fsp3) is 1.00. The molecule has 1 unspecified atom stereocenters. The lowest BCUT2D eigenvalue weighted by Gasteiger charge is -2.22. The van der Waals surface area contributed by atoms with Gasteiger partial charge in [-0.05, 0) is 25.7 Å². The lowest BCUT2D eigenvalue weighted by molar-refractivity contribution is -0.163. The van der Waals surface area contributed by atoms with Crippen molar-refractivity contribution >= 4 is 0 Å². The molecule has 1 N–H and O–H groups in total. The number of hydrogen-bond donors (Lipinski definition) is 1. The Morgan fingerprint density at radius 3 is 3.00 bits per heavy atom. The summed E-state index contributed by atoms with van der Waals surface area (Å²) in [4.78, 5) is 0. The van der Waals surface area contributed by atoms with Crippen LogP contribution < -0.4 is 0 Å². The maximum absolute atomic E-state index is 8.47. The van der Waals surface area contributed by atoms with Crippen LogP contribution in [0.3, 0.4) is 0 Å². The summed E-state index contributed by atoms with van der Waals surface area (Å²) in [6.45, 7) is 1.64. The number of aliphatic hydroxyl groups is 1. The molecule has 0 bridgehead atoms. The van der Waals surface area contributed by atoms with E-state index in [2.05, 4.69) is 0 Å². The molecular formula is C8H16O3. The zero-order valence-corrected chi connectivity index (χ0v) is 6.79. The number of ether oxygens (including phenoxy) is 2. The van der Waals surface area contributed by atoms with E-state index in [-0.39, 0.29) is 12.9 Å². The van der Waals surface area contributed by atoms with Crippen molar-refractivity contribution in [1.82, 2.24) is 0 Å². The van der Waals surface area contributed by atoms with E-state index in [0.717, 1.165) is 19.4 Å². The maximum atomic E-state index is 8.47. The molecule has 0 amide bonds. The standard InChI is InChI=1S/C8H16O3/c9-5-3-7-11-8-4-1-2-6-10-8/h8-9H,1-7H2. The Hall–Kier alpha value is -0.120. The third kappa shape index (κ3) is 3.70. The first-order valence-corrected chi connectivity index (χ1v) is 4.27. The molecule has 1 rings (SSSR count). The predicted octanol–water partition coefficient (Wildman–Crippen LogP) is 0.912. The summed E-state index contributed by atoms with van der Waals surface area (Å²) in [6.07, 6.45) is 4.06. The molecule has 0 aromatic carbocycles. The maximum Gasteiger partial charge on any atom is 0.157 e. The molecule has 1 heterocycles. The molecule has 3 nitrogen and oxygen atoms in total. The van der Waals surface area contributed by atoms with Crippen molar-refractivity contribution in [3.05, 3.63) is 0 Å². The highest BCUT2D eigenvalue weighted by Gasteiger charge is 2.12. The summed E-state index contributed by atoms with van der Waals surface area (Å²) in [6, 6.07) is 0. The first-order valence-electron chi connectivity index (χ1n) is 4.27. The third-order valence-corrected chi connectivity index (χ3v) is 1.74. The van der Waals surface area contributed by atoms with E-state index in [4.69, 9.17) is 14.6 Å². The van der Waals surface area contributed by atoms with Gasteiger partial charge in [-0.15, -0.1) is 0 Å². The average molecular weight is 160 g/mol. The van der Waals surface area contributed by atoms with Gasteiger partial charge in [-0.3, -0.25) is 0 Å². The average Bonchev–Trinajstić information content (AvgIpc) is 2.07. The lowest BCUT2D eigenvalue weighted by Crippen LogP contribution is -2.22. The van der Waals surface area contributed by atoms with Crippen LogP contribution in [0.2, 0.25) is 0 Å². The van der Waals surface area contributed by atoms with Gasteiger partial charge in [-0.2, -0.15) is 0 Å². The van der Waals surface area contributed by atoms with Crippen molar-refractivity contribution in [3.63, 3.8) is 0 Å². The second kappa shape index (κ2) is 5.52. The zero-order valence-electron chi connectivity index (χ0n) is 6.79. The van der Waals surface area contributed by atoms with Gasteiger partial charge < -0.3 is 14.6 Å². The molecule has 0 spiro atoms. The molecule has 0 radical (unpaired) electrons. The van der Waals surface area contributed by atoms with Crippen LogP contribution in [0.25, 0.3) is 0 Å². The SMILES string of the molecule is OCCCOC1CCCCO1. The molecule has 3 heteroatoms. The smallest absolute Gasteiger partial charge is 0.157 e. The van der Waals surface area contributed by atoms with E-state index in [1.807, 2.05) is 0 Å². The lowest BCUT2D eigenvalue weighted by atomic mass is 10.2. The van der Waals surface area contributed by atoms with Gasteiger partial charge in [0.25, 0.3) is 0 Å². The molecule has 1 aliphatic heterocycles. The van der Waals surface area contributed by atoms with Gasteiger partial charge in [0, 0.05) is 13.2 Å². The van der Waals surface area contributed by atoms with Gasteiger partial charge in [0.05, 0.1) is 6.61 Å². The van der Waals surface area contributed by atoms with Crippen LogP contribution in [0.15, 0.2) is 0 Å². The van der Waals surface area contributed by atoms with Crippen LogP contribution in [-0.2, 0) is 9.47 Å². The molecule has 1 atom stereocenters. The van der Waals surface area contributed by atoms with Crippen LogP contribution >= 0.6 is 0 Å². The Balaban J connectivity index is 1.96. The predicted molar refractivity (Wildman–Crippen MR) is 41.2 cm³/mol. The molecular weight excluding hydrogens is 144 g/mol. The van der Waals surface area contributed by atoms with Crippen molar-refractivity contribution < 1.29 is 14.6 Å². The van der Waals surface area contributed by atoms with Crippen molar-refractivity contribution in [2.45, 2.75) is 32.0 Å². The molecule has 0 aliphatic carbocycles. The first kappa shape index (κ1) is 8.97. The second-order valence-corrected chi connectivity index (χ2v) is 2.74. The van der Waals surface area contributed by atoms with E-state index in [1.165, 1.54) is 6.42 Å². The quantitative estimate of drug-likeness (QED) is 0.621. The molecule has 11 heavy (non-hydrogen) atoms. The van der Waals surface area contributed by atoms with Crippen LogP contribution in [0, 0.1) is 0 Å². The van der Waals surface area contributed by atoms with Crippen LogP contribution in [0.4, 0.5) is 0 Å². The Bertz CT molecular complexity index is 89.3. The Labute approximate surface area is 67.3 Å². The van der Waals surface area contributed by atoms with Gasteiger partial charge in [0.2, 0.25) is 0 Å². The topological polar surface area (TPSA) is 38.7 Å². The molecule has 66 valence electrons. The van der Waals surface area contributed by atoms with Crippen molar-refractivity contribution in [2.75, 3.05) is 19.8 Å². The van der Waals surface area contributed by atoms with Crippen molar-refractivity contribution in [3.8, 4) is 0 Å². The summed E-state index contributed by atoms with van der Waals surface area (Å²) in [5, 5.41) is 8.47. The summed E-state index contributed by atoms with van der Waals surface area (Å²) >= 11 is 0. The molecule has 0 aromatic rings. The normalized spacial score (nSPS) is 25.4. The molecule has 1 saturated heterocycles. The highest BCUT2D eigenvalue weighted by Crippen LogP contribution is 2.13. The highest BCUT2D eigenvalue weighted by atomic mass is 16.7. The Kier molecular flexibility index (Phi) is 4.50. The van der Waals surface area contributed by atoms with Crippen LogP contribution in [-0.4, -0.2) is 31.2 Å². The van der Waals surface area contributed by atoms with Crippen LogP contribution in [0.5, 0.6) is 0 Å². The monoisotopic (exact) mass is 160 g/mol. The van der Waals surface area contributed by atoms with Crippen LogP contribution in [0.1, 0.15) is 25.7 Å². The first-order chi connectivity index (χ1) is 5.43. The van der Waals surface area contributed by atoms with Gasteiger partial charge in [-0.1, -0.05) is 0 Å². The molecule has 0 saturated carbocycles. The van der Waals surface area contributed by atoms with Gasteiger partial charge in [0.1, 0.15) is 0 Å². The molecule has 0 aromatic heterocycles. The number of hydrogen-bond acceptors (Lipinski definition) is 3. The van der Waals surface area contributed by atoms with E-state index < -0.39 is 0 Å². The zero-order chi connectivity index (χ0) is 7.94. The highest BCUT2D eigenvalue weighted by molar-refractivity contribution is 4.53. The van der Waals surface area contributed by atoms with Crippen molar-refractivity contribution in [1.29, 1.82) is 0 Å². The number of aliphatic hydroxyl groups excluding tert-OH is 1. The number of rotatable bonds is 4. The van der Waals surface area contributed by atoms with Gasteiger partial charge in [-0.25, -0.2) is 0 Å². The Morgan fingerprint density at radius 1 is 1.45 bits per heavy atom. The fourth-order valence-electron chi connectivity index (χ4n) is 1.12. The summed E-state index contributed by atoms with van der Waals surface area (Å²) < 4.78 is 10.7. The van der Waals surface area contributed by atoms with E-state index in [1.54, 1.807) is 0 Å². The third-order valence-electron chi connectivity index (χ3n) is 1.74. The summed E-state index contributed by atoms with van der Waals surface area (Å²) in [5.41, 5.74) is 0. The van der Waals surface area contributed by atoms with E-state index >= 15 is 0 Å².